The fourth-order valence-corrected chi connectivity index (χ4v) is 7.73. The van der Waals surface area contributed by atoms with E-state index in [4.69, 9.17) is 0 Å². The van der Waals surface area contributed by atoms with Crippen LogP contribution in [0.1, 0.15) is 43.2 Å². The van der Waals surface area contributed by atoms with E-state index < -0.39 is 74.7 Å². The minimum absolute atomic E-state index is 0.0750. The van der Waals surface area contributed by atoms with Crippen molar-refractivity contribution in [2.24, 2.45) is 11.8 Å². The van der Waals surface area contributed by atoms with Crippen LogP contribution in [0.15, 0.2) is 59.8 Å². The number of carbonyl (C=O) groups is 3. The second kappa shape index (κ2) is 10.7. The zero-order valence-corrected chi connectivity index (χ0v) is 24.6. The molecule has 0 radical (unpaired) electrons. The first-order valence-corrected chi connectivity index (χ1v) is 16.4. The summed E-state index contributed by atoms with van der Waals surface area (Å²) in [6.45, 7) is 0.338. The number of hydrogen-bond acceptors (Lipinski definition) is 6. The normalized spacial score (nSPS) is 27.3. The van der Waals surface area contributed by atoms with Crippen LogP contribution in [0.2, 0.25) is 0 Å². The van der Waals surface area contributed by atoms with Gasteiger partial charge >= 0.3 is 0 Å². The molecule has 5 atom stereocenters. The molecule has 7 rings (SSSR count). The van der Waals surface area contributed by atoms with Crippen molar-refractivity contribution in [2.45, 2.75) is 61.8 Å². The van der Waals surface area contributed by atoms with Crippen molar-refractivity contribution in [3.8, 4) is 11.1 Å². The molecule has 44 heavy (non-hydrogen) atoms. The van der Waals surface area contributed by atoms with E-state index in [2.05, 4.69) is 10.6 Å². The summed E-state index contributed by atoms with van der Waals surface area (Å²) in [5.74, 6) is -7.94. The zero-order chi connectivity index (χ0) is 31.6. The summed E-state index contributed by atoms with van der Waals surface area (Å²) in [7, 11) is -4.31. The number of rotatable bonds is 7. The third-order valence-corrected chi connectivity index (χ3v) is 10.2. The average molecular weight is 632 g/mol. The van der Waals surface area contributed by atoms with Crippen molar-refractivity contribution in [2.75, 3.05) is 12.8 Å². The molecular weight excluding hydrogens is 599 g/mol. The summed E-state index contributed by atoms with van der Waals surface area (Å²) in [6, 6.07) is 9.27. The highest BCUT2D eigenvalue weighted by Gasteiger charge is 2.63. The smallest absolute Gasteiger partial charge is 0.264 e. The molecule has 4 fully saturated rings. The summed E-state index contributed by atoms with van der Waals surface area (Å²) < 4.78 is 69.1. The lowest BCUT2D eigenvalue weighted by Crippen LogP contribution is -2.70. The van der Waals surface area contributed by atoms with Gasteiger partial charge in [0.25, 0.3) is 11.8 Å². The SMILES string of the molecule is CS(=O)(=O)/C(F)=C\[C@H](C[C@@H]1CCNC1=O)NC(=O)[C@H]1[C@@H]2CC[C@@H](CC2(F)F)N1C(=O)C1(O)c2ccccc2-c2ccccc21. The maximum absolute atomic E-state index is 15.4. The van der Waals surface area contributed by atoms with Crippen LogP contribution in [0.4, 0.5) is 13.2 Å². The predicted octanol–water partition coefficient (Wildman–Crippen LogP) is 2.78. The molecule has 0 spiro atoms. The number of nitrogens with one attached hydrogen (secondary N) is 2. The van der Waals surface area contributed by atoms with Gasteiger partial charge in [0, 0.05) is 42.3 Å². The van der Waals surface area contributed by atoms with Crippen LogP contribution in [0.25, 0.3) is 11.1 Å². The summed E-state index contributed by atoms with van der Waals surface area (Å²) in [6.07, 6.45) is 0.872. The molecule has 0 aromatic heterocycles. The van der Waals surface area contributed by atoms with E-state index >= 15 is 8.78 Å². The lowest BCUT2D eigenvalue weighted by Gasteiger charge is -2.55. The second-order valence-electron chi connectivity index (χ2n) is 12.1. The van der Waals surface area contributed by atoms with E-state index in [0.29, 0.717) is 36.4 Å². The van der Waals surface area contributed by atoms with Gasteiger partial charge in [0.2, 0.25) is 26.8 Å². The zero-order valence-electron chi connectivity index (χ0n) is 23.8. The minimum atomic E-state index is -4.31. The van der Waals surface area contributed by atoms with E-state index in [-0.39, 0.29) is 36.3 Å². The number of carbonyl (C=O) groups excluding carboxylic acids is 3. The van der Waals surface area contributed by atoms with Crippen LogP contribution in [-0.2, 0) is 29.8 Å². The van der Waals surface area contributed by atoms with E-state index in [1.807, 2.05) is 0 Å². The number of nitrogens with zero attached hydrogens (tertiary/aromatic N) is 1. The summed E-state index contributed by atoms with van der Waals surface area (Å²) >= 11 is 0. The van der Waals surface area contributed by atoms with Crippen LogP contribution in [0, 0.1) is 11.8 Å². The Bertz CT molecular complexity index is 1630. The molecule has 3 heterocycles. The molecule has 0 unspecified atom stereocenters. The standard InChI is InChI=1S/C31H32F3N3O6S/c1-44(42,43)25(32)15-18(14-17-12-13-35-27(17)38)36-28(39)26-24-11-10-19(16-30(24,33)34)37(26)29(40)31(41)22-8-4-2-6-20(22)21-7-3-5-9-23(21)31/h2-9,15,17-19,24,26,41H,10-14,16H2,1H3,(H,35,38)(H,36,39)/b25-15-/t17-,18-,19-,24-,26+/m0/s1. The number of benzene rings is 2. The molecule has 2 bridgehead atoms. The van der Waals surface area contributed by atoms with Crippen molar-refractivity contribution in [3.05, 3.63) is 70.9 Å². The topological polar surface area (TPSA) is 133 Å². The van der Waals surface area contributed by atoms with Gasteiger partial charge in [-0.3, -0.25) is 14.4 Å². The lowest BCUT2D eigenvalue weighted by molar-refractivity contribution is -0.201. The quantitative estimate of drug-likeness (QED) is 0.431. The van der Waals surface area contributed by atoms with Gasteiger partial charge in [0.1, 0.15) is 6.04 Å². The first kappa shape index (κ1) is 30.3. The van der Waals surface area contributed by atoms with Gasteiger partial charge in [-0.05, 0) is 42.9 Å². The molecule has 9 nitrogen and oxygen atoms in total. The van der Waals surface area contributed by atoms with Crippen molar-refractivity contribution < 1.29 is 41.1 Å². The number of piperidine rings is 2. The second-order valence-corrected chi connectivity index (χ2v) is 14.1. The molecule has 5 aliphatic rings. The fourth-order valence-electron chi connectivity index (χ4n) is 7.32. The molecule has 3 saturated heterocycles. The molecule has 2 aromatic carbocycles. The first-order chi connectivity index (χ1) is 20.7. The first-order valence-electron chi connectivity index (χ1n) is 14.5. The van der Waals surface area contributed by atoms with Gasteiger partial charge in [-0.15, -0.1) is 0 Å². The average Bonchev–Trinajstić information content (AvgIpc) is 3.50. The van der Waals surface area contributed by atoms with Gasteiger partial charge in [0.15, 0.2) is 5.60 Å². The number of amides is 3. The molecular formula is C31H32F3N3O6S. The minimum Gasteiger partial charge on any atom is -0.372 e. The van der Waals surface area contributed by atoms with Crippen molar-refractivity contribution in [1.82, 2.24) is 15.5 Å². The molecule has 1 saturated carbocycles. The van der Waals surface area contributed by atoms with E-state index in [1.165, 1.54) is 0 Å². The Labute approximate surface area is 252 Å². The third-order valence-electron chi connectivity index (χ3n) is 9.39. The van der Waals surface area contributed by atoms with Crippen LogP contribution in [-0.4, -0.2) is 73.0 Å². The van der Waals surface area contributed by atoms with Crippen molar-refractivity contribution in [1.29, 1.82) is 0 Å². The summed E-state index contributed by atoms with van der Waals surface area (Å²) in [4.78, 5) is 41.8. The van der Waals surface area contributed by atoms with E-state index in [1.54, 1.807) is 48.5 Å². The molecule has 3 aliphatic heterocycles. The van der Waals surface area contributed by atoms with Crippen molar-refractivity contribution in [3.63, 3.8) is 0 Å². The highest BCUT2D eigenvalue weighted by atomic mass is 32.2. The molecule has 13 heteroatoms. The number of sulfone groups is 1. The molecule has 3 amide bonds. The van der Waals surface area contributed by atoms with Crippen LogP contribution < -0.4 is 10.6 Å². The lowest BCUT2D eigenvalue weighted by atomic mass is 9.70. The van der Waals surface area contributed by atoms with Crippen LogP contribution in [0.3, 0.4) is 0 Å². The third kappa shape index (κ3) is 4.90. The Morgan fingerprint density at radius 1 is 1.09 bits per heavy atom. The van der Waals surface area contributed by atoms with Crippen LogP contribution >= 0.6 is 0 Å². The van der Waals surface area contributed by atoms with Gasteiger partial charge in [-0.1, -0.05) is 48.5 Å². The van der Waals surface area contributed by atoms with Gasteiger partial charge in [0.05, 0.1) is 12.0 Å². The number of halogens is 3. The molecule has 2 aliphatic carbocycles. The molecule has 234 valence electrons. The molecule has 2 aromatic rings. The highest BCUT2D eigenvalue weighted by molar-refractivity contribution is 7.94. The number of hydrogen-bond donors (Lipinski definition) is 3. The predicted molar refractivity (Wildman–Crippen MR) is 153 cm³/mol. The van der Waals surface area contributed by atoms with Gasteiger partial charge in [-0.2, -0.15) is 4.39 Å². The van der Waals surface area contributed by atoms with Gasteiger partial charge < -0.3 is 20.6 Å². The van der Waals surface area contributed by atoms with Crippen LogP contribution in [0.5, 0.6) is 0 Å². The van der Waals surface area contributed by atoms with Gasteiger partial charge in [-0.25, -0.2) is 17.2 Å². The summed E-state index contributed by atoms with van der Waals surface area (Å²) in [5.41, 5.74) is -0.529. The van der Waals surface area contributed by atoms with E-state index in [9.17, 15) is 32.3 Å². The Hall–Kier alpha value is -3.71. The monoisotopic (exact) mass is 631 g/mol. The molecule has 3 N–H and O–H groups in total. The Morgan fingerprint density at radius 2 is 1.70 bits per heavy atom. The number of alkyl halides is 2. The van der Waals surface area contributed by atoms with Crippen molar-refractivity contribution >= 4 is 27.6 Å². The van der Waals surface area contributed by atoms with E-state index in [0.717, 1.165) is 4.90 Å². The largest absolute Gasteiger partial charge is 0.372 e. The Morgan fingerprint density at radius 3 is 2.25 bits per heavy atom. The number of fused-ring (bicyclic) bond motifs is 6. The Balaban J connectivity index is 1.39. The maximum Gasteiger partial charge on any atom is 0.264 e. The highest BCUT2D eigenvalue weighted by Crippen LogP contribution is 2.53. The Kier molecular flexibility index (Phi) is 7.39. The summed E-state index contributed by atoms with van der Waals surface area (Å²) in [5, 5.41) is 15.8. The fraction of sp³-hybridized carbons (Fsp3) is 0.452. The maximum atomic E-state index is 15.4. The number of aliphatic hydroxyl groups is 1.